The lowest BCUT2D eigenvalue weighted by Gasteiger charge is -2.08. The largest absolute Gasteiger partial charge is 0.320 e. The SMILES string of the molecule is O=C(Nc1cccc2cccnc12)c1cc([N+](=O)[O-])cc([N+](=O)[O-])c1. The second-order valence-electron chi connectivity index (χ2n) is 5.09. The fourth-order valence-electron chi connectivity index (χ4n) is 2.34. The van der Waals surface area contributed by atoms with Crippen LogP contribution in [0, 0.1) is 20.2 Å². The van der Waals surface area contributed by atoms with E-state index in [1.165, 1.54) is 0 Å². The van der Waals surface area contributed by atoms with Crippen LogP contribution < -0.4 is 5.32 Å². The Labute approximate surface area is 140 Å². The van der Waals surface area contributed by atoms with Crippen molar-refractivity contribution < 1.29 is 14.6 Å². The van der Waals surface area contributed by atoms with Crippen LogP contribution in [-0.2, 0) is 0 Å². The summed E-state index contributed by atoms with van der Waals surface area (Å²) >= 11 is 0. The average Bonchev–Trinajstić information content (AvgIpc) is 2.61. The normalized spacial score (nSPS) is 10.4. The summed E-state index contributed by atoms with van der Waals surface area (Å²) in [6.07, 6.45) is 1.57. The minimum atomic E-state index is -0.788. The lowest BCUT2D eigenvalue weighted by molar-refractivity contribution is -0.394. The molecule has 0 atom stereocenters. The summed E-state index contributed by atoms with van der Waals surface area (Å²) in [6.45, 7) is 0. The molecule has 2 aromatic carbocycles. The third-order valence-electron chi connectivity index (χ3n) is 3.47. The highest BCUT2D eigenvalue weighted by atomic mass is 16.6. The first kappa shape index (κ1) is 16.0. The van der Waals surface area contributed by atoms with E-state index in [1.807, 2.05) is 12.1 Å². The molecule has 25 heavy (non-hydrogen) atoms. The number of nitro groups is 2. The van der Waals surface area contributed by atoms with Crippen molar-refractivity contribution in [2.75, 3.05) is 5.32 Å². The van der Waals surface area contributed by atoms with Crippen molar-refractivity contribution in [2.45, 2.75) is 0 Å². The lowest BCUT2D eigenvalue weighted by Crippen LogP contribution is -2.13. The van der Waals surface area contributed by atoms with Gasteiger partial charge in [0.25, 0.3) is 17.3 Å². The molecule has 0 aliphatic carbocycles. The molecule has 0 saturated carbocycles. The van der Waals surface area contributed by atoms with E-state index in [-0.39, 0.29) is 5.56 Å². The maximum Gasteiger partial charge on any atom is 0.277 e. The summed E-state index contributed by atoms with van der Waals surface area (Å²) in [4.78, 5) is 36.9. The molecule has 3 aromatic rings. The molecule has 0 unspecified atom stereocenters. The Bertz CT molecular complexity index is 981. The maximum absolute atomic E-state index is 12.4. The highest BCUT2D eigenvalue weighted by Gasteiger charge is 2.20. The number of rotatable bonds is 4. The quantitative estimate of drug-likeness (QED) is 0.574. The van der Waals surface area contributed by atoms with Crippen molar-refractivity contribution in [3.63, 3.8) is 0 Å². The molecule has 1 heterocycles. The van der Waals surface area contributed by atoms with Crippen molar-refractivity contribution >= 4 is 33.9 Å². The van der Waals surface area contributed by atoms with E-state index in [1.54, 1.807) is 24.4 Å². The fourth-order valence-corrected chi connectivity index (χ4v) is 2.34. The number of anilines is 1. The number of nitrogens with one attached hydrogen (secondary N) is 1. The van der Waals surface area contributed by atoms with Gasteiger partial charge in [-0.3, -0.25) is 30.0 Å². The molecular formula is C16H10N4O5. The number of carbonyl (C=O) groups excluding carboxylic acids is 1. The molecule has 0 aliphatic heterocycles. The number of non-ortho nitro benzene ring substituents is 2. The molecule has 0 radical (unpaired) electrons. The Kier molecular flexibility index (Phi) is 4.04. The van der Waals surface area contributed by atoms with Gasteiger partial charge in [-0.15, -0.1) is 0 Å². The van der Waals surface area contributed by atoms with Crippen LogP contribution in [0.4, 0.5) is 17.1 Å². The van der Waals surface area contributed by atoms with Gasteiger partial charge in [0.1, 0.15) is 0 Å². The second kappa shape index (κ2) is 6.32. The number of nitrogens with zero attached hydrogens (tertiary/aromatic N) is 3. The number of amides is 1. The van der Waals surface area contributed by atoms with Crippen molar-refractivity contribution in [1.29, 1.82) is 0 Å². The molecule has 3 rings (SSSR count). The van der Waals surface area contributed by atoms with Gasteiger partial charge in [0, 0.05) is 23.7 Å². The zero-order valence-corrected chi connectivity index (χ0v) is 12.6. The average molecular weight is 338 g/mol. The molecule has 124 valence electrons. The number of hydrogen-bond donors (Lipinski definition) is 1. The monoisotopic (exact) mass is 338 g/mol. The van der Waals surface area contributed by atoms with Gasteiger partial charge in [-0.05, 0) is 12.1 Å². The van der Waals surface area contributed by atoms with Gasteiger partial charge in [0.15, 0.2) is 0 Å². The molecule has 0 saturated heterocycles. The smallest absolute Gasteiger partial charge is 0.277 e. The van der Waals surface area contributed by atoms with Gasteiger partial charge in [0.05, 0.1) is 32.7 Å². The molecule has 1 aromatic heterocycles. The fraction of sp³-hybridized carbons (Fsp3) is 0. The van der Waals surface area contributed by atoms with Gasteiger partial charge in [-0.1, -0.05) is 18.2 Å². The van der Waals surface area contributed by atoms with Crippen molar-refractivity contribution in [2.24, 2.45) is 0 Å². The molecule has 1 amide bonds. The summed E-state index contributed by atoms with van der Waals surface area (Å²) in [6, 6.07) is 11.5. The summed E-state index contributed by atoms with van der Waals surface area (Å²) in [5.41, 5.74) is -0.310. The van der Waals surface area contributed by atoms with E-state index in [0.717, 1.165) is 23.6 Å². The highest BCUT2D eigenvalue weighted by Crippen LogP contribution is 2.25. The Balaban J connectivity index is 2.00. The number of hydrogen-bond acceptors (Lipinski definition) is 6. The van der Waals surface area contributed by atoms with Gasteiger partial charge in [-0.2, -0.15) is 0 Å². The lowest BCUT2D eigenvalue weighted by atomic mass is 10.1. The standard InChI is InChI=1S/C16H10N4O5/c21-16(11-7-12(19(22)23)9-13(8-11)20(24)25)18-14-5-1-3-10-4-2-6-17-15(10)14/h1-9H,(H,18,21). The molecule has 9 nitrogen and oxygen atoms in total. The van der Waals surface area contributed by atoms with E-state index in [2.05, 4.69) is 10.3 Å². The Morgan fingerprint density at radius 2 is 1.60 bits per heavy atom. The second-order valence-corrected chi connectivity index (χ2v) is 5.09. The van der Waals surface area contributed by atoms with E-state index in [4.69, 9.17) is 0 Å². The molecule has 0 bridgehead atoms. The summed E-state index contributed by atoms with van der Waals surface area (Å²) in [5, 5.41) is 25.2. The minimum Gasteiger partial charge on any atom is -0.320 e. The van der Waals surface area contributed by atoms with E-state index in [0.29, 0.717) is 11.2 Å². The first-order valence-electron chi connectivity index (χ1n) is 7.04. The van der Waals surface area contributed by atoms with E-state index >= 15 is 0 Å². The van der Waals surface area contributed by atoms with Crippen LogP contribution in [0.5, 0.6) is 0 Å². The number of carbonyl (C=O) groups is 1. The molecule has 1 N–H and O–H groups in total. The summed E-state index contributed by atoms with van der Waals surface area (Å²) in [7, 11) is 0. The van der Waals surface area contributed by atoms with Crippen LogP contribution in [0.3, 0.4) is 0 Å². The topological polar surface area (TPSA) is 128 Å². The Morgan fingerprint density at radius 1 is 0.960 bits per heavy atom. The van der Waals surface area contributed by atoms with Gasteiger partial charge in [-0.25, -0.2) is 0 Å². The Morgan fingerprint density at radius 3 is 2.24 bits per heavy atom. The van der Waals surface area contributed by atoms with Crippen LogP contribution in [0.2, 0.25) is 0 Å². The number of benzene rings is 2. The zero-order chi connectivity index (χ0) is 18.0. The zero-order valence-electron chi connectivity index (χ0n) is 12.6. The predicted octanol–water partition coefficient (Wildman–Crippen LogP) is 3.30. The van der Waals surface area contributed by atoms with Crippen molar-refractivity contribution in [3.05, 3.63) is 80.5 Å². The number of nitro benzene ring substituents is 2. The van der Waals surface area contributed by atoms with Crippen LogP contribution in [0.15, 0.2) is 54.7 Å². The van der Waals surface area contributed by atoms with Gasteiger partial charge < -0.3 is 5.32 Å². The number of fused-ring (bicyclic) bond motifs is 1. The van der Waals surface area contributed by atoms with Crippen LogP contribution >= 0.6 is 0 Å². The van der Waals surface area contributed by atoms with Crippen LogP contribution in [-0.4, -0.2) is 20.7 Å². The van der Waals surface area contributed by atoms with E-state index in [9.17, 15) is 25.0 Å². The molecule has 0 aliphatic rings. The van der Waals surface area contributed by atoms with E-state index < -0.39 is 27.1 Å². The van der Waals surface area contributed by atoms with Crippen LogP contribution in [0.1, 0.15) is 10.4 Å². The summed E-state index contributed by atoms with van der Waals surface area (Å²) in [5.74, 6) is -0.704. The Hall–Kier alpha value is -3.88. The molecule has 0 spiro atoms. The van der Waals surface area contributed by atoms with Gasteiger partial charge >= 0.3 is 0 Å². The predicted molar refractivity (Wildman–Crippen MR) is 89.4 cm³/mol. The third kappa shape index (κ3) is 3.24. The van der Waals surface area contributed by atoms with Crippen molar-refractivity contribution in [3.8, 4) is 0 Å². The minimum absolute atomic E-state index is 0.186. The number of aromatic nitrogens is 1. The summed E-state index contributed by atoms with van der Waals surface area (Å²) < 4.78 is 0. The molecule has 9 heteroatoms. The van der Waals surface area contributed by atoms with Gasteiger partial charge in [0.2, 0.25) is 0 Å². The first-order valence-corrected chi connectivity index (χ1v) is 7.04. The molecule has 0 fully saturated rings. The number of para-hydroxylation sites is 1. The highest BCUT2D eigenvalue weighted by molar-refractivity contribution is 6.08. The number of pyridine rings is 1. The van der Waals surface area contributed by atoms with Crippen molar-refractivity contribution in [1.82, 2.24) is 4.98 Å². The third-order valence-corrected chi connectivity index (χ3v) is 3.47. The van der Waals surface area contributed by atoms with Crippen LogP contribution in [0.25, 0.3) is 10.9 Å². The molecular weight excluding hydrogens is 328 g/mol. The maximum atomic E-state index is 12.4. The first-order chi connectivity index (χ1) is 12.0.